The average Bonchev–Trinajstić information content (AvgIpc) is 2.41. The van der Waals surface area contributed by atoms with E-state index in [0.29, 0.717) is 30.9 Å². The van der Waals surface area contributed by atoms with Gasteiger partial charge in [-0.3, -0.25) is 4.21 Å². The molecule has 2 N–H and O–H groups in total. The molecule has 0 spiro atoms. The first kappa shape index (κ1) is 16.1. The monoisotopic (exact) mass is 321 g/mol. The molecule has 0 atom stereocenters. The van der Waals surface area contributed by atoms with Crippen molar-refractivity contribution < 1.29 is 17.4 Å². The second-order valence-electron chi connectivity index (χ2n) is 4.92. The Kier molecular flexibility index (Phi) is 5.08. The summed E-state index contributed by atoms with van der Waals surface area (Å²) < 4.78 is 50.0. The van der Waals surface area contributed by atoms with Gasteiger partial charge in [-0.05, 0) is 31.9 Å². The van der Waals surface area contributed by atoms with Gasteiger partial charge in [0.15, 0.2) is 0 Å². The Hall–Kier alpha value is -1.31. The van der Waals surface area contributed by atoms with E-state index >= 15 is 0 Å². The minimum absolute atomic E-state index is 0.0214. The van der Waals surface area contributed by atoms with E-state index in [-0.39, 0.29) is 17.7 Å². The molecule has 1 aromatic heterocycles. The van der Waals surface area contributed by atoms with E-state index < -0.39 is 22.5 Å². The van der Waals surface area contributed by atoms with Crippen LogP contribution < -0.4 is 10.6 Å². The molecule has 0 amide bonds. The van der Waals surface area contributed by atoms with Gasteiger partial charge in [0.1, 0.15) is 11.6 Å². The van der Waals surface area contributed by atoms with Crippen LogP contribution in [0.15, 0.2) is 12.1 Å². The molecule has 1 fully saturated rings. The highest BCUT2D eigenvalue weighted by Gasteiger charge is 2.32. The lowest BCUT2D eigenvalue weighted by molar-refractivity contribution is -0.137. The van der Waals surface area contributed by atoms with Crippen LogP contribution in [0.5, 0.6) is 0 Å². The molecule has 2 heterocycles. The van der Waals surface area contributed by atoms with Crippen LogP contribution in [0.2, 0.25) is 0 Å². The number of nitrogens with zero attached hydrogens (tertiary/aromatic N) is 1. The lowest BCUT2D eigenvalue weighted by atomic mass is 10.1. The summed E-state index contributed by atoms with van der Waals surface area (Å²) in [5.74, 6) is 1.57. The molecule has 21 heavy (non-hydrogen) atoms. The highest BCUT2D eigenvalue weighted by molar-refractivity contribution is 7.85. The van der Waals surface area contributed by atoms with Crippen LogP contribution >= 0.6 is 0 Å². The predicted molar refractivity (Wildman–Crippen MR) is 77.9 cm³/mol. The van der Waals surface area contributed by atoms with Gasteiger partial charge in [0.25, 0.3) is 0 Å². The van der Waals surface area contributed by atoms with Crippen molar-refractivity contribution in [3.63, 3.8) is 0 Å². The summed E-state index contributed by atoms with van der Waals surface area (Å²) in [5, 5.41) is 5.83. The van der Waals surface area contributed by atoms with E-state index in [1.165, 1.54) is 0 Å². The molecule has 1 saturated heterocycles. The molecule has 0 unspecified atom stereocenters. The Morgan fingerprint density at radius 2 is 1.90 bits per heavy atom. The molecule has 0 radical (unpaired) electrons. The van der Waals surface area contributed by atoms with Crippen LogP contribution in [-0.4, -0.2) is 33.3 Å². The van der Waals surface area contributed by atoms with Gasteiger partial charge in [0, 0.05) is 34.9 Å². The fourth-order valence-electron chi connectivity index (χ4n) is 2.19. The zero-order chi connectivity index (χ0) is 15.5. The zero-order valence-electron chi connectivity index (χ0n) is 11.7. The molecule has 8 heteroatoms. The quantitative estimate of drug-likeness (QED) is 0.895. The lowest BCUT2D eigenvalue weighted by Gasteiger charge is -2.23. The van der Waals surface area contributed by atoms with Gasteiger partial charge < -0.3 is 10.6 Å². The fraction of sp³-hybridized carbons (Fsp3) is 0.615. The summed E-state index contributed by atoms with van der Waals surface area (Å²) in [6.07, 6.45) is -3.04. The number of alkyl halides is 3. The highest BCUT2D eigenvalue weighted by atomic mass is 32.2. The van der Waals surface area contributed by atoms with Crippen LogP contribution in [0.4, 0.5) is 24.8 Å². The lowest BCUT2D eigenvalue weighted by Crippen LogP contribution is -2.30. The maximum Gasteiger partial charge on any atom is 0.416 e. The van der Waals surface area contributed by atoms with Gasteiger partial charge in [-0.2, -0.15) is 13.2 Å². The van der Waals surface area contributed by atoms with Crippen molar-refractivity contribution in [3.8, 4) is 0 Å². The van der Waals surface area contributed by atoms with E-state index in [1.807, 2.05) is 0 Å². The Bertz CT molecular complexity index is 512. The normalized spacial score (nSPS) is 22.9. The summed E-state index contributed by atoms with van der Waals surface area (Å²) in [6, 6.07) is 2.05. The van der Waals surface area contributed by atoms with Crippen molar-refractivity contribution >= 4 is 22.4 Å². The smallest absolute Gasteiger partial charge is 0.370 e. The standard InChI is InChI=1S/C13H18F3N3OS/c1-2-17-11-7-9(13(14,15)16)8-12(19-11)18-10-3-5-21(20)6-4-10/h7-8,10H,2-6H2,1H3,(H2,17,18,19). The molecule has 0 saturated carbocycles. The first-order valence-electron chi connectivity index (χ1n) is 6.83. The molecule has 4 nitrogen and oxygen atoms in total. The number of anilines is 2. The first-order valence-corrected chi connectivity index (χ1v) is 8.32. The Labute approximate surface area is 124 Å². The van der Waals surface area contributed by atoms with Crippen LogP contribution in [0.3, 0.4) is 0 Å². The molecule has 1 aliphatic rings. The summed E-state index contributed by atoms with van der Waals surface area (Å²) in [4.78, 5) is 4.15. The van der Waals surface area contributed by atoms with Crippen molar-refractivity contribution in [2.75, 3.05) is 28.7 Å². The molecule has 0 aliphatic carbocycles. The molecule has 2 rings (SSSR count). The second-order valence-corrected chi connectivity index (χ2v) is 6.62. The van der Waals surface area contributed by atoms with Gasteiger partial charge in [0.05, 0.1) is 5.56 Å². The van der Waals surface area contributed by atoms with Crippen molar-refractivity contribution in [1.29, 1.82) is 0 Å². The number of pyridine rings is 1. The number of halogens is 3. The maximum atomic E-state index is 12.9. The number of hydrogen-bond acceptors (Lipinski definition) is 4. The minimum atomic E-state index is -4.41. The van der Waals surface area contributed by atoms with E-state index in [9.17, 15) is 17.4 Å². The summed E-state index contributed by atoms with van der Waals surface area (Å²) in [6.45, 7) is 2.29. The van der Waals surface area contributed by atoms with E-state index in [0.717, 1.165) is 12.1 Å². The third-order valence-corrected chi connectivity index (χ3v) is 4.63. The molecule has 0 bridgehead atoms. The molecule has 1 aliphatic heterocycles. The molecular formula is C13H18F3N3OS. The van der Waals surface area contributed by atoms with Crippen LogP contribution in [-0.2, 0) is 17.0 Å². The number of rotatable bonds is 4. The molecule has 118 valence electrons. The topological polar surface area (TPSA) is 54.0 Å². The molecule has 0 aromatic carbocycles. The van der Waals surface area contributed by atoms with Crippen molar-refractivity contribution in [1.82, 2.24) is 4.98 Å². The number of hydrogen-bond donors (Lipinski definition) is 2. The van der Waals surface area contributed by atoms with Crippen molar-refractivity contribution in [2.24, 2.45) is 0 Å². The van der Waals surface area contributed by atoms with Crippen molar-refractivity contribution in [2.45, 2.75) is 32.0 Å². The van der Waals surface area contributed by atoms with Gasteiger partial charge in [-0.25, -0.2) is 4.98 Å². The average molecular weight is 321 g/mol. The predicted octanol–water partition coefficient (Wildman–Crippen LogP) is 2.86. The third-order valence-electron chi connectivity index (χ3n) is 3.25. The minimum Gasteiger partial charge on any atom is -0.370 e. The summed E-state index contributed by atoms with van der Waals surface area (Å²) in [5.41, 5.74) is -0.727. The Morgan fingerprint density at radius 1 is 1.29 bits per heavy atom. The van der Waals surface area contributed by atoms with Crippen LogP contribution in [0.1, 0.15) is 25.3 Å². The molecular weight excluding hydrogens is 303 g/mol. The summed E-state index contributed by atoms with van der Waals surface area (Å²) in [7, 11) is -0.798. The fourth-order valence-corrected chi connectivity index (χ4v) is 3.49. The first-order chi connectivity index (χ1) is 9.88. The third kappa shape index (κ3) is 4.59. The Morgan fingerprint density at radius 3 is 2.48 bits per heavy atom. The maximum absolute atomic E-state index is 12.9. The van der Waals surface area contributed by atoms with Crippen LogP contribution in [0.25, 0.3) is 0 Å². The number of nitrogens with one attached hydrogen (secondary N) is 2. The van der Waals surface area contributed by atoms with Gasteiger partial charge in [-0.15, -0.1) is 0 Å². The second kappa shape index (κ2) is 6.64. The zero-order valence-corrected chi connectivity index (χ0v) is 12.5. The largest absolute Gasteiger partial charge is 0.416 e. The van der Waals surface area contributed by atoms with E-state index in [2.05, 4.69) is 15.6 Å². The highest BCUT2D eigenvalue weighted by Crippen LogP contribution is 2.32. The van der Waals surface area contributed by atoms with E-state index in [4.69, 9.17) is 0 Å². The summed E-state index contributed by atoms with van der Waals surface area (Å²) >= 11 is 0. The van der Waals surface area contributed by atoms with Gasteiger partial charge in [0.2, 0.25) is 0 Å². The van der Waals surface area contributed by atoms with Gasteiger partial charge >= 0.3 is 6.18 Å². The Balaban J connectivity index is 2.17. The van der Waals surface area contributed by atoms with Gasteiger partial charge in [-0.1, -0.05) is 0 Å². The van der Waals surface area contributed by atoms with Crippen molar-refractivity contribution in [3.05, 3.63) is 17.7 Å². The SMILES string of the molecule is CCNc1cc(C(F)(F)F)cc(NC2CCS(=O)CC2)n1. The molecule has 1 aromatic rings. The number of aromatic nitrogens is 1. The van der Waals surface area contributed by atoms with E-state index in [1.54, 1.807) is 6.92 Å². The van der Waals surface area contributed by atoms with Crippen LogP contribution in [0, 0.1) is 0 Å².